The Hall–Kier alpha value is -2.57. The van der Waals surface area contributed by atoms with Crippen LogP contribution in [0.5, 0.6) is 5.75 Å². The van der Waals surface area contributed by atoms with Crippen molar-refractivity contribution in [3.05, 3.63) is 29.8 Å². The number of rotatable bonds is 6. The standard InChI is InChI=1S/C19H28N2O5/c1-12(2)14-9-7-8-10-15(14)25-11-16(22)26-13(3)17(23)20-18(24)21-19(4,5)6/h7-10,12-13H,11H2,1-6H3,(H2,20,21,23,24)/t13-/m1/s1. The highest BCUT2D eigenvalue weighted by Crippen LogP contribution is 2.25. The number of imide groups is 1. The van der Waals surface area contributed by atoms with Gasteiger partial charge in [0.2, 0.25) is 0 Å². The van der Waals surface area contributed by atoms with E-state index in [1.807, 2.05) is 32.0 Å². The monoisotopic (exact) mass is 364 g/mol. The molecule has 1 atom stereocenters. The third-order valence-corrected chi connectivity index (χ3v) is 3.29. The van der Waals surface area contributed by atoms with Crippen molar-refractivity contribution < 1.29 is 23.9 Å². The molecule has 0 aliphatic rings. The highest BCUT2D eigenvalue weighted by Gasteiger charge is 2.22. The zero-order valence-electron chi connectivity index (χ0n) is 16.2. The van der Waals surface area contributed by atoms with Gasteiger partial charge in [-0.1, -0.05) is 32.0 Å². The number of hydrogen-bond donors (Lipinski definition) is 2. The fourth-order valence-electron chi connectivity index (χ4n) is 2.10. The molecule has 144 valence electrons. The highest BCUT2D eigenvalue weighted by molar-refractivity contribution is 5.97. The molecule has 0 heterocycles. The Bertz CT molecular complexity index is 650. The van der Waals surface area contributed by atoms with Gasteiger partial charge in [-0.2, -0.15) is 0 Å². The molecule has 1 aromatic rings. The molecule has 0 bridgehead atoms. The van der Waals surface area contributed by atoms with Gasteiger partial charge in [-0.15, -0.1) is 0 Å². The predicted molar refractivity (Wildman–Crippen MR) is 98.0 cm³/mol. The zero-order chi connectivity index (χ0) is 19.9. The lowest BCUT2D eigenvalue weighted by Gasteiger charge is -2.21. The highest BCUT2D eigenvalue weighted by atomic mass is 16.6. The van der Waals surface area contributed by atoms with Crippen molar-refractivity contribution >= 4 is 17.9 Å². The quantitative estimate of drug-likeness (QED) is 0.757. The van der Waals surface area contributed by atoms with Crippen LogP contribution in [-0.4, -0.2) is 36.2 Å². The molecule has 7 heteroatoms. The lowest BCUT2D eigenvalue weighted by atomic mass is 10.0. The lowest BCUT2D eigenvalue weighted by Crippen LogP contribution is -2.50. The zero-order valence-corrected chi connectivity index (χ0v) is 16.2. The maximum atomic E-state index is 11.9. The molecule has 26 heavy (non-hydrogen) atoms. The molecule has 1 aromatic carbocycles. The summed E-state index contributed by atoms with van der Waals surface area (Å²) in [4.78, 5) is 35.5. The van der Waals surface area contributed by atoms with Gasteiger partial charge in [-0.25, -0.2) is 9.59 Å². The molecule has 0 saturated heterocycles. The Kier molecular flexibility index (Phi) is 7.61. The normalized spacial score (nSPS) is 12.3. The molecule has 0 saturated carbocycles. The van der Waals surface area contributed by atoms with Crippen molar-refractivity contribution in [3.8, 4) is 5.75 Å². The van der Waals surface area contributed by atoms with Crippen LogP contribution in [-0.2, 0) is 14.3 Å². The van der Waals surface area contributed by atoms with Crippen LogP contribution < -0.4 is 15.4 Å². The van der Waals surface area contributed by atoms with Gasteiger partial charge in [-0.05, 0) is 45.2 Å². The van der Waals surface area contributed by atoms with Gasteiger partial charge >= 0.3 is 12.0 Å². The lowest BCUT2D eigenvalue weighted by molar-refractivity contribution is -0.156. The van der Waals surface area contributed by atoms with Crippen LogP contribution in [0, 0.1) is 0 Å². The van der Waals surface area contributed by atoms with Crippen LogP contribution in [0.15, 0.2) is 24.3 Å². The summed E-state index contributed by atoms with van der Waals surface area (Å²) in [6.45, 7) is 10.5. The SMILES string of the molecule is CC(C)c1ccccc1OCC(=O)O[C@H](C)C(=O)NC(=O)NC(C)(C)C. The summed E-state index contributed by atoms with van der Waals surface area (Å²) in [5.41, 5.74) is 0.493. The smallest absolute Gasteiger partial charge is 0.344 e. The molecule has 0 aromatic heterocycles. The van der Waals surface area contributed by atoms with Crippen molar-refractivity contribution in [2.45, 2.75) is 59.1 Å². The fraction of sp³-hybridized carbons (Fsp3) is 0.526. The first kappa shape index (κ1) is 21.5. The van der Waals surface area contributed by atoms with Gasteiger partial charge in [0.1, 0.15) is 5.75 Å². The van der Waals surface area contributed by atoms with Crippen molar-refractivity contribution in [1.29, 1.82) is 0 Å². The first-order valence-corrected chi connectivity index (χ1v) is 8.54. The fourth-order valence-corrected chi connectivity index (χ4v) is 2.10. The second-order valence-electron chi connectivity index (χ2n) is 7.31. The van der Waals surface area contributed by atoms with Gasteiger partial charge in [0.15, 0.2) is 12.7 Å². The molecule has 0 aliphatic carbocycles. The van der Waals surface area contributed by atoms with Crippen LogP contribution in [0.4, 0.5) is 4.79 Å². The van der Waals surface area contributed by atoms with Gasteiger partial charge in [0.05, 0.1) is 0 Å². The van der Waals surface area contributed by atoms with Gasteiger partial charge in [0.25, 0.3) is 5.91 Å². The van der Waals surface area contributed by atoms with E-state index in [4.69, 9.17) is 9.47 Å². The number of hydrogen-bond acceptors (Lipinski definition) is 5. The molecular weight excluding hydrogens is 336 g/mol. The number of nitrogens with one attached hydrogen (secondary N) is 2. The van der Waals surface area contributed by atoms with Crippen LogP contribution in [0.25, 0.3) is 0 Å². The van der Waals surface area contributed by atoms with E-state index in [1.165, 1.54) is 6.92 Å². The van der Waals surface area contributed by atoms with Crippen LogP contribution in [0.2, 0.25) is 0 Å². The van der Waals surface area contributed by atoms with Crippen molar-refractivity contribution in [2.24, 2.45) is 0 Å². The summed E-state index contributed by atoms with van der Waals surface area (Å²) < 4.78 is 10.5. The number of carbonyl (C=O) groups is 3. The van der Waals surface area contributed by atoms with E-state index in [0.717, 1.165) is 5.56 Å². The summed E-state index contributed by atoms with van der Waals surface area (Å²) in [5.74, 6) is -0.556. The largest absolute Gasteiger partial charge is 0.482 e. The van der Waals surface area contributed by atoms with Crippen LogP contribution in [0.3, 0.4) is 0 Å². The maximum Gasteiger partial charge on any atom is 0.344 e. The van der Waals surface area contributed by atoms with Crippen molar-refractivity contribution in [3.63, 3.8) is 0 Å². The summed E-state index contributed by atoms with van der Waals surface area (Å²) in [7, 11) is 0. The Morgan fingerprint density at radius 3 is 2.27 bits per heavy atom. The third kappa shape index (κ3) is 7.55. The first-order chi connectivity index (χ1) is 12.0. The Morgan fingerprint density at radius 2 is 1.69 bits per heavy atom. The van der Waals surface area contributed by atoms with E-state index in [2.05, 4.69) is 10.6 Å². The Morgan fingerprint density at radius 1 is 1.08 bits per heavy atom. The van der Waals surface area contributed by atoms with E-state index < -0.39 is 29.6 Å². The van der Waals surface area contributed by atoms with Crippen molar-refractivity contribution in [2.75, 3.05) is 6.61 Å². The number of para-hydroxylation sites is 1. The summed E-state index contributed by atoms with van der Waals surface area (Å²) in [5, 5.41) is 4.72. The van der Waals surface area contributed by atoms with E-state index >= 15 is 0 Å². The van der Waals surface area contributed by atoms with Crippen LogP contribution >= 0.6 is 0 Å². The van der Waals surface area contributed by atoms with Gasteiger partial charge in [0, 0.05) is 5.54 Å². The number of benzene rings is 1. The Balaban J connectivity index is 2.50. The molecular formula is C19H28N2O5. The molecule has 0 fully saturated rings. The van der Waals surface area contributed by atoms with Crippen LogP contribution in [0.1, 0.15) is 53.0 Å². The predicted octanol–water partition coefficient (Wildman–Crippen LogP) is 2.74. The molecule has 3 amide bonds. The van der Waals surface area contributed by atoms with E-state index in [-0.39, 0.29) is 12.5 Å². The average Bonchev–Trinajstić information content (AvgIpc) is 2.51. The Labute approximate surface area is 154 Å². The number of ether oxygens (including phenoxy) is 2. The van der Waals surface area contributed by atoms with E-state index in [1.54, 1.807) is 26.8 Å². The van der Waals surface area contributed by atoms with Gasteiger partial charge in [-0.3, -0.25) is 10.1 Å². The molecule has 0 unspecified atom stereocenters. The first-order valence-electron chi connectivity index (χ1n) is 8.54. The second-order valence-corrected chi connectivity index (χ2v) is 7.31. The average molecular weight is 364 g/mol. The molecule has 0 aliphatic heterocycles. The summed E-state index contributed by atoms with van der Waals surface area (Å²) >= 11 is 0. The van der Waals surface area contributed by atoms with E-state index in [0.29, 0.717) is 5.75 Å². The van der Waals surface area contributed by atoms with E-state index in [9.17, 15) is 14.4 Å². The minimum Gasteiger partial charge on any atom is -0.482 e. The minimum atomic E-state index is -1.11. The number of esters is 1. The topological polar surface area (TPSA) is 93.7 Å². The van der Waals surface area contributed by atoms with Gasteiger partial charge < -0.3 is 14.8 Å². The number of carbonyl (C=O) groups excluding carboxylic acids is 3. The maximum absolute atomic E-state index is 11.9. The molecule has 1 rings (SSSR count). The van der Waals surface area contributed by atoms with Crippen molar-refractivity contribution in [1.82, 2.24) is 10.6 Å². The molecule has 2 N–H and O–H groups in total. The summed E-state index contributed by atoms with van der Waals surface area (Å²) in [6, 6.07) is 6.77. The molecule has 0 spiro atoms. The number of amides is 3. The minimum absolute atomic E-state index is 0.244. The molecule has 7 nitrogen and oxygen atoms in total. The summed E-state index contributed by atoms with van der Waals surface area (Å²) in [6.07, 6.45) is -1.11. The molecule has 0 radical (unpaired) electrons. The second kappa shape index (κ2) is 9.22. The third-order valence-electron chi connectivity index (χ3n) is 3.29. The number of urea groups is 1.